The van der Waals surface area contributed by atoms with Gasteiger partial charge >= 0.3 is 0 Å². The zero-order valence-corrected chi connectivity index (χ0v) is 18.3. The molecule has 0 aliphatic carbocycles. The summed E-state index contributed by atoms with van der Waals surface area (Å²) in [6.45, 7) is 0.127. The van der Waals surface area contributed by atoms with Gasteiger partial charge in [-0.15, -0.1) is 0 Å². The Bertz CT molecular complexity index is 1390. The lowest BCUT2D eigenvalue weighted by Gasteiger charge is -2.32. The number of carbonyl (C=O) groups excluding carboxylic acids is 2. The minimum absolute atomic E-state index is 0.185. The number of Topliss-reactive ketones (excluding diaryl/α,β-unsaturated/α-hetero) is 1. The molecule has 0 spiro atoms. The Labute approximate surface area is 189 Å². The van der Waals surface area contributed by atoms with Crippen LogP contribution in [0.2, 0.25) is 0 Å². The summed E-state index contributed by atoms with van der Waals surface area (Å²) in [5.41, 5.74) is 0.192. The van der Waals surface area contributed by atoms with Crippen molar-refractivity contribution in [1.82, 2.24) is 4.90 Å². The third-order valence-corrected chi connectivity index (χ3v) is 8.17. The number of nitrogens with zero attached hydrogens (tertiary/aromatic N) is 2. The van der Waals surface area contributed by atoms with E-state index < -0.39 is 33.4 Å². The molecule has 0 bridgehead atoms. The van der Waals surface area contributed by atoms with Crippen LogP contribution in [-0.2, 0) is 14.8 Å². The molecular weight excluding hydrogens is 450 g/mol. The topological polar surface area (TPSA) is 74.8 Å². The van der Waals surface area contributed by atoms with Gasteiger partial charge < -0.3 is 4.90 Å². The van der Waals surface area contributed by atoms with Crippen molar-refractivity contribution in [1.29, 1.82) is 0 Å². The molecule has 6 nitrogen and oxygen atoms in total. The highest BCUT2D eigenvalue weighted by atomic mass is 32.2. The summed E-state index contributed by atoms with van der Waals surface area (Å²) in [6, 6.07) is 13.1. The molecule has 5 rings (SSSR count). The molecule has 0 N–H and O–H groups in total. The lowest BCUT2D eigenvalue weighted by atomic mass is 9.88. The van der Waals surface area contributed by atoms with Crippen LogP contribution >= 0.6 is 0 Å². The molecule has 2 heterocycles. The van der Waals surface area contributed by atoms with Crippen LogP contribution in [-0.4, -0.2) is 44.6 Å². The Kier molecular flexibility index (Phi) is 5.16. The van der Waals surface area contributed by atoms with Crippen molar-refractivity contribution in [2.45, 2.75) is 17.7 Å². The van der Waals surface area contributed by atoms with E-state index in [-0.39, 0.29) is 36.0 Å². The fourth-order valence-electron chi connectivity index (χ4n) is 4.65. The molecular formula is C24H20F2N2O4S. The summed E-state index contributed by atoms with van der Waals surface area (Å²) in [5.74, 6) is -2.84. The van der Waals surface area contributed by atoms with Crippen LogP contribution in [0.3, 0.4) is 0 Å². The number of likely N-dealkylation sites (tertiary alicyclic amines) is 1. The SMILES string of the molecule is O=C(c1cc(F)ccc1F)C1CCN(C(=O)CN2c3cccc4cccc(c34)S2(=O)=O)CC1. The van der Waals surface area contributed by atoms with Crippen LogP contribution in [0.5, 0.6) is 0 Å². The van der Waals surface area contributed by atoms with Crippen molar-refractivity contribution >= 4 is 38.2 Å². The average molecular weight is 470 g/mol. The number of hydrogen-bond acceptors (Lipinski definition) is 4. The van der Waals surface area contributed by atoms with Gasteiger partial charge in [0.05, 0.1) is 16.1 Å². The number of amides is 1. The average Bonchev–Trinajstić information content (AvgIpc) is 3.03. The van der Waals surface area contributed by atoms with Crippen molar-refractivity contribution in [2.75, 3.05) is 23.9 Å². The zero-order chi connectivity index (χ0) is 23.3. The lowest BCUT2D eigenvalue weighted by Crippen LogP contribution is -2.46. The first-order valence-corrected chi connectivity index (χ1v) is 12.0. The van der Waals surface area contributed by atoms with E-state index in [0.29, 0.717) is 23.9 Å². The van der Waals surface area contributed by atoms with E-state index in [1.54, 1.807) is 18.2 Å². The first kappa shape index (κ1) is 21.5. The Morgan fingerprint density at radius 3 is 2.39 bits per heavy atom. The molecule has 33 heavy (non-hydrogen) atoms. The number of hydrogen-bond donors (Lipinski definition) is 0. The molecule has 1 fully saturated rings. The van der Waals surface area contributed by atoms with Gasteiger partial charge in [0, 0.05) is 24.4 Å². The summed E-state index contributed by atoms with van der Waals surface area (Å²) >= 11 is 0. The third-order valence-electron chi connectivity index (χ3n) is 6.37. The predicted molar refractivity (Wildman–Crippen MR) is 118 cm³/mol. The summed E-state index contributed by atoms with van der Waals surface area (Å²) in [4.78, 5) is 27.3. The van der Waals surface area contributed by atoms with Gasteiger partial charge in [0.15, 0.2) is 5.78 Å². The molecule has 1 saturated heterocycles. The second-order valence-corrected chi connectivity index (χ2v) is 10.1. The smallest absolute Gasteiger partial charge is 0.265 e. The zero-order valence-electron chi connectivity index (χ0n) is 17.5. The van der Waals surface area contributed by atoms with E-state index in [1.165, 1.54) is 11.0 Å². The van der Waals surface area contributed by atoms with E-state index in [1.807, 2.05) is 12.1 Å². The Morgan fingerprint density at radius 1 is 0.970 bits per heavy atom. The fraction of sp³-hybridized carbons (Fsp3) is 0.250. The van der Waals surface area contributed by atoms with E-state index in [4.69, 9.17) is 0 Å². The standard InChI is InChI=1S/C24H20F2N2O4S/c25-17-7-8-19(26)18(13-17)24(30)16-9-11-27(12-10-16)22(29)14-28-20-5-1-3-15-4-2-6-21(23(15)20)33(28,31)32/h1-8,13,16H,9-12,14H2. The number of benzene rings is 3. The lowest BCUT2D eigenvalue weighted by molar-refractivity contribution is -0.130. The number of piperidine rings is 1. The van der Waals surface area contributed by atoms with Gasteiger partial charge in [-0.2, -0.15) is 0 Å². The monoisotopic (exact) mass is 470 g/mol. The summed E-state index contributed by atoms with van der Waals surface area (Å²) in [6.07, 6.45) is 0.589. The number of carbonyl (C=O) groups is 2. The molecule has 0 unspecified atom stereocenters. The summed E-state index contributed by atoms with van der Waals surface area (Å²) in [5, 5.41) is 1.39. The normalized spacial score (nSPS) is 17.5. The second-order valence-electron chi connectivity index (χ2n) is 8.29. The maximum Gasteiger partial charge on any atom is 0.265 e. The van der Waals surface area contributed by atoms with E-state index >= 15 is 0 Å². The molecule has 2 aliphatic heterocycles. The third kappa shape index (κ3) is 3.56. The van der Waals surface area contributed by atoms with Crippen LogP contribution in [0, 0.1) is 17.6 Å². The van der Waals surface area contributed by atoms with Gasteiger partial charge in [-0.1, -0.05) is 24.3 Å². The highest BCUT2D eigenvalue weighted by molar-refractivity contribution is 7.93. The van der Waals surface area contributed by atoms with Gasteiger partial charge in [-0.05, 0) is 48.6 Å². The van der Waals surface area contributed by atoms with Gasteiger partial charge in [0.25, 0.3) is 10.0 Å². The Hall–Kier alpha value is -3.33. The molecule has 170 valence electrons. The largest absolute Gasteiger partial charge is 0.341 e. The minimum Gasteiger partial charge on any atom is -0.341 e. The first-order chi connectivity index (χ1) is 15.8. The second kappa shape index (κ2) is 7.91. The van der Waals surface area contributed by atoms with Crippen LogP contribution in [0.1, 0.15) is 23.2 Å². The molecule has 0 aromatic heterocycles. The number of sulfonamides is 1. The summed E-state index contributed by atoms with van der Waals surface area (Å²) < 4.78 is 54.7. The molecule has 0 atom stereocenters. The maximum absolute atomic E-state index is 14.0. The van der Waals surface area contributed by atoms with E-state index in [0.717, 1.165) is 27.9 Å². The molecule has 3 aromatic carbocycles. The Balaban J connectivity index is 1.29. The van der Waals surface area contributed by atoms with E-state index in [2.05, 4.69) is 0 Å². The van der Waals surface area contributed by atoms with Crippen molar-refractivity contribution in [3.05, 3.63) is 71.8 Å². The van der Waals surface area contributed by atoms with Crippen molar-refractivity contribution in [3.63, 3.8) is 0 Å². The molecule has 9 heteroatoms. The van der Waals surface area contributed by atoms with Gasteiger partial charge in [0.2, 0.25) is 5.91 Å². The minimum atomic E-state index is -3.85. The molecule has 0 radical (unpaired) electrons. The number of rotatable bonds is 4. The van der Waals surface area contributed by atoms with Crippen LogP contribution in [0.15, 0.2) is 59.5 Å². The van der Waals surface area contributed by atoms with Crippen molar-refractivity contribution in [3.8, 4) is 0 Å². The Morgan fingerprint density at radius 2 is 1.67 bits per heavy atom. The van der Waals surface area contributed by atoms with Gasteiger partial charge in [-0.3, -0.25) is 13.9 Å². The molecule has 2 aliphatic rings. The highest BCUT2D eigenvalue weighted by Crippen LogP contribution is 2.41. The highest BCUT2D eigenvalue weighted by Gasteiger charge is 2.38. The molecule has 3 aromatic rings. The quantitative estimate of drug-likeness (QED) is 0.545. The van der Waals surface area contributed by atoms with Crippen LogP contribution in [0.4, 0.5) is 14.5 Å². The fourth-order valence-corrected chi connectivity index (χ4v) is 6.31. The summed E-state index contributed by atoms with van der Waals surface area (Å²) in [7, 11) is -3.85. The number of anilines is 1. The predicted octanol–water partition coefficient (Wildman–Crippen LogP) is 3.75. The number of halogens is 2. The van der Waals surface area contributed by atoms with Gasteiger partial charge in [0.1, 0.15) is 18.2 Å². The van der Waals surface area contributed by atoms with Crippen molar-refractivity contribution in [2.24, 2.45) is 5.92 Å². The first-order valence-electron chi connectivity index (χ1n) is 10.6. The van der Waals surface area contributed by atoms with Crippen LogP contribution in [0.25, 0.3) is 10.8 Å². The van der Waals surface area contributed by atoms with Crippen LogP contribution < -0.4 is 4.31 Å². The van der Waals surface area contributed by atoms with Gasteiger partial charge in [-0.25, -0.2) is 17.2 Å². The molecule has 0 saturated carbocycles. The van der Waals surface area contributed by atoms with Crippen molar-refractivity contribution < 1.29 is 26.8 Å². The number of ketones is 1. The molecule has 1 amide bonds. The van der Waals surface area contributed by atoms with E-state index in [9.17, 15) is 26.8 Å². The maximum atomic E-state index is 14.0.